The SMILES string of the molecule is CC(c1nc2ccccc2c(=O)[nH]1)N1CCN(CC(=O)Nc2ccc(Cl)c(C(F)(F)F)c2)CC1. The molecule has 0 bridgehead atoms. The Hall–Kier alpha value is -2.95. The Morgan fingerprint density at radius 1 is 1.18 bits per heavy atom. The second-order valence-corrected chi connectivity index (χ2v) is 8.60. The van der Waals surface area contributed by atoms with Gasteiger partial charge in [0.05, 0.1) is 34.1 Å². The van der Waals surface area contributed by atoms with E-state index >= 15 is 0 Å². The smallest absolute Gasteiger partial charge is 0.325 e. The zero-order chi connectivity index (χ0) is 24.5. The maximum absolute atomic E-state index is 13.0. The zero-order valence-corrected chi connectivity index (χ0v) is 19.1. The molecule has 1 aliphatic heterocycles. The summed E-state index contributed by atoms with van der Waals surface area (Å²) in [6.07, 6.45) is -4.60. The number of alkyl halides is 3. The number of anilines is 1. The van der Waals surface area contributed by atoms with Crippen molar-refractivity contribution in [1.82, 2.24) is 19.8 Å². The minimum absolute atomic E-state index is 0.0420. The Labute approximate surface area is 198 Å². The molecule has 0 radical (unpaired) electrons. The van der Waals surface area contributed by atoms with Crippen molar-refractivity contribution in [3.63, 3.8) is 0 Å². The van der Waals surface area contributed by atoms with Crippen molar-refractivity contribution in [3.05, 3.63) is 69.2 Å². The number of aromatic nitrogens is 2. The second kappa shape index (κ2) is 9.73. The average Bonchev–Trinajstić information content (AvgIpc) is 2.79. The van der Waals surface area contributed by atoms with Gasteiger partial charge in [0.15, 0.2) is 0 Å². The maximum atomic E-state index is 13.0. The first kappa shape index (κ1) is 24.2. The van der Waals surface area contributed by atoms with Gasteiger partial charge in [-0.15, -0.1) is 0 Å². The van der Waals surface area contributed by atoms with Gasteiger partial charge in [-0.3, -0.25) is 19.4 Å². The number of halogens is 4. The van der Waals surface area contributed by atoms with Crippen LogP contribution in [0.3, 0.4) is 0 Å². The normalized spacial score (nSPS) is 16.5. The van der Waals surface area contributed by atoms with Crippen LogP contribution in [0.25, 0.3) is 10.9 Å². The molecular formula is C23H23ClF3N5O2. The zero-order valence-electron chi connectivity index (χ0n) is 18.3. The second-order valence-electron chi connectivity index (χ2n) is 8.20. The van der Waals surface area contributed by atoms with Crippen molar-refractivity contribution in [2.45, 2.75) is 19.1 Å². The molecule has 3 aromatic rings. The molecule has 2 heterocycles. The number of rotatable bonds is 5. The van der Waals surface area contributed by atoms with Crippen LogP contribution < -0.4 is 10.9 Å². The summed E-state index contributed by atoms with van der Waals surface area (Å²) in [5.41, 5.74) is -0.492. The van der Waals surface area contributed by atoms with Crippen molar-refractivity contribution in [2.75, 3.05) is 38.0 Å². The number of carbonyl (C=O) groups excluding carboxylic acids is 1. The predicted molar refractivity (Wildman–Crippen MR) is 124 cm³/mol. The fourth-order valence-corrected chi connectivity index (χ4v) is 4.23. The number of carbonyl (C=O) groups is 1. The fourth-order valence-electron chi connectivity index (χ4n) is 4.01. The number of amides is 1. The molecule has 34 heavy (non-hydrogen) atoms. The quantitative estimate of drug-likeness (QED) is 0.563. The minimum atomic E-state index is -4.60. The van der Waals surface area contributed by atoms with Crippen LogP contribution in [0, 0.1) is 0 Å². The van der Waals surface area contributed by atoms with Gasteiger partial charge in [0, 0.05) is 31.9 Å². The topological polar surface area (TPSA) is 81.3 Å². The number of nitrogens with one attached hydrogen (secondary N) is 2. The molecule has 1 amide bonds. The number of hydrogen-bond donors (Lipinski definition) is 2. The molecule has 4 rings (SSSR count). The molecule has 7 nitrogen and oxygen atoms in total. The summed E-state index contributed by atoms with van der Waals surface area (Å²) in [6, 6.07) is 10.3. The molecule has 1 aromatic heterocycles. The van der Waals surface area contributed by atoms with Crippen LogP contribution in [0.15, 0.2) is 47.3 Å². The van der Waals surface area contributed by atoms with E-state index in [1.165, 1.54) is 6.07 Å². The maximum Gasteiger partial charge on any atom is 0.417 e. The van der Waals surface area contributed by atoms with Gasteiger partial charge in [-0.05, 0) is 37.3 Å². The summed E-state index contributed by atoms with van der Waals surface area (Å²) in [5.74, 6) is 0.176. The van der Waals surface area contributed by atoms with Gasteiger partial charge in [0.25, 0.3) is 5.56 Å². The Kier molecular flexibility index (Phi) is 6.92. The van der Waals surface area contributed by atoms with Crippen LogP contribution in [-0.2, 0) is 11.0 Å². The van der Waals surface area contributed by atoms with E-state index in [9.17, 15) is 22.8 Å². The molecule has 2 aromatic carbocycles. The molecule has 1 unspecified atom stereocenters. The Bertz CT molecular complexity index is 1260. The summed E-state index contributed by atoms with van der Waals surface area (Å²) in [5, 5.41) is 2.63. The van der Waals surface area contributed by atoms with E-state index in [1.54, 1.807) is 18.2 Å². The van der Waals surface area contributed by atoms with Crippen LogP contribution in [0.4, 0.5) is 18.9 Å². The molecule has 1 saturated heterocycles. The number of benzene rings is 2. The molecule has 1 aliphatic rings. The molecule has 1 fully saturated rings. The van der Waals surface area contributed by atoms with E-state index in [2.05, 4.69) is 20.2 Å². The van der Waals surface area contributed by atoms with Crippen molar-refractivity contribution in [2.24, 2.45) is 0 Å². The highest BCUT2D eigenvalue weighted by Gasteiger charge is 2.33. The Balaban J connectivity index is 1.33. The summed E-state index contributed by atoms with van der Waals surface area (Å²) in [7, 11) is 0. The number of piperazine rings is 1. The van der Waals surface area contributed by atoms with Crippen LogP contribution in [-0.4, -0.2) is 58.4 Å². The fraction of sp³-hybridized carbons (Fsp3) is 0.348. The van der Waals surface area contributed by atoms with E-state index in [0.29, 0.717) is 42.9 Å². The summed E-state index contributed by atoms with van der Waals surface area (Å²) >= 11 is 5.62. The van der Waals surface area contributed by atoms with Crippen LogP contribution in [0.2, 0.25) is 5.02 Å². The lowest BCUT2D eigenvalue weighted by atomic mass is 10.2. The monoisotopic (exact) mass is 493 g/mol. The van der Waals surface area contributed by atoms with Crippen LogP contribution in [0.1, 0.15) is 24.4 Å². The van der Waals surface area contributed by atoms with E-state index in [-0.39, 0.29) is 23.8 Å². The number of nitrogens with zero attached hydrogens (tertiary/aromatic N) is 3. The summed E-state index contributed by atoms with van der Waals surface area (Å²) in [6.45, 7) is 4.48. The number of para-hydroxylation sites is 1. The highest BCUT2D eigenvalue weighted by Crippen LogP contribution is 2.36. The molecule has 2 N–H and O–H groups in total. The van der Waals surface area contributed by atoms with E-state index in [1.807, 2.05) is 17.9 Å². The van der Waals surface area contributed by atoms with Gasteiger partial charge >= 0.3 is 6.18 Å². The predicted octanol–water partition coefficient (Wildman–Crippen LogP) is 3.91. The van der Waals surface area contributed by atoms with E-state index in [0.717, 1.165) is 12.1 Å². The van der Waals surface area contributed by atoms with Gasteiger partial charge < -0.3 is 10.3 Å². The molecule has 0 aliphatic carbocycles. The van der Waals surface area contributed by atoms with E-state index < -0.39 is 22.7 Å². The Morgan fingerprint density at radius 3 is 2.59 bits per heavy atom. The first-order chi connectivity index (χ1) is 16.1. The van der Waals surface area contributed by atoms with Gasteiger partial charge in [-0.2, -0.15) is 13.2 Å². The lowest BCUT2D eigenvalue weighted by molar-refractivity contribution is -0.137. The molecular weight excluding hydrogens is 471 g/mol. The third kappa shape index (κ3) is 5.40. The Morgan fingerprint density at radius 2 is 1.88 bits per heavy atom. The lowest BCUT2D eigenvalue weighted by Gasteiger charge is -2.37. The lowest BCUT2D eigenvalue weighted by Crippen LogP contribution is -2.49. The number of H-pyrrole nitrogens is 1. The summed E-state index contributed by atoms with van der Waals surface area (Å²) in [4.78, 5) is 36.3. The third-order valence-corrected chi connectivity index (χ3v) is 6.23. The summed E-state index contributed by atoms with van der Waals surface area (Å²) < 4.78 is 39.1. The van der Waals surface area contributed by atoms with E-state index in [4.69, 9.17) is 11.6 Å². The highest BCUT2D eigenvalue weighted by molar-refractivity contribution is 6.31. The average molecular weight is 494 g/mol. The number of hydrogen-bond acceptors (Lipinski definition) is 5. The van der Waals surface area contributed by atoms with Crippen molar-refractivity contribution in [1.29, 1.82) is 0 Å². The molecule has 1 atom stereocenters. The standard InChI is InChI=1S/C23H23ClF3N5O2/c1-14(21-29-19-5-3-2-4-16(19)22(34)30-21)32-10-8-31(9-11-32)13-20(33)28-15-6-7-18(24)17(12-15)23(25,26)27/h2-7,12,14H,8-11,13H2,1H3,(H,28,33)(H,29,30,34). The molecule has 11 heteroatoms. The first-order valence-electron chi connectivity index (χ1n) is 10.7. The largest absolute Gasteiger partial charge is 0.417 e. The molecule has 180 valence electrons. The van der Waals surface area contributed by atoms with Gasteiger partial charge in [0.2, 0.25) is 5.91 Å². The first-order valence-corrected chi connectivity index (χ1v) is 11.1. The van der Waals surface area contributed by atoms with Gasteiger partial charge in [0.1, 0.15) is 5.82 Å². The van der Waals surface area contributed by atoms with Crippen LogP contribution in [0.5, 0.6) is 0 Å². The van der Waals surface area contributed by atoms with Crippen molar-refractivity contribution in [3.8, 4) is 0 Å². The third-order valence-electron chi connectivity index (χ3n) is 5.90. The van der Waals surface area contributed by atoms with Gasteiger partial charge in [-0.25, -0.2) is 4.98 Å². The minimum Gasteiger partial charge on any atom is -0.325 e. The van der Waals surface area contributed by atoms with Gasteiger partial charge in [-0.1, -0.05) is 23.7 Å². The van der Waals surface area contributed by atoms with Crippen molar-refractivity contribution < 1.29 is 18.0 Å². The molecule has 0 spiro atoms. The van der Waals surface area contributed by atoms with Crippen LogP contribution >= 0.6 is 11.6 Å². The highest BCUT2D eigenvalue weighted by atomic mass is 35.5. The molecule has 0 saturated carbocycles. The van der Waals surface area contributed by atoms with Crippen molar-refractivity contribution >= 4 is 34.1 Å². The number of aromatic amines is 1. The number of fused-ring (bicyclic) bond motifs is 1.